The molecule has 1 aromatic rings. The van der Waals surface area contributed by atoms with Crippen LogP contribution in [0.1, 0.15) is 57.8 Å². The Labute approximate surface area is 138 Å². The molecule has 0 aromatic carbocycles. The number of nitrogens with one attached hydrogen (secondary N) is 1. The topological polar surface area (TPSA) is 58.1 Å². The Morgan fingerprint density at radius 1 is 1.00 bits per heavy atom. The maximum atomic E-state index is 12.7. The largest absolute Gasteiger partial charge is 0.353 e. The average Bonchev–Trinajstić information content (AvgIpc) is 2.58. The molecule has 5 heteroatoms. The molecule has 3 rings (SSSR count). The highest BCUT2D eigenvalue weighted by Gasteiger charge is 2.28. The van der Waals surface area contributed by atoms with E-state index in [4.69, 9.17) is 0 Å². The first kappa shape index (κ1) is 16.2. The first-order valence-electron chi connectivity index (χ1n) is 9.15. The van der Waals surface area contributed by atoms with Gasteiger partial charge >= 0.3 is 0 Å². The lowest BCUT2D eigenvalue weighted by molar-refractivity contribution is -0.126. The van der Waals surface area contributed by atoms with E-state index in [0.29, 0.717) is 6.04 Å². The molecule has 2 heterocycles. The molecule has 1 amide bonds. The number of carbonyl (C=O) groups is 1. The van der Waals surface area contributed by atoms with E-state index in [9.17, 15) is 4.79 Å². The Morgan fingerprint density at radius 3 is 2.43 bits per heavy atom. The molecule has 1 aromatic heterocycles. The summed E-state index contributed by atoms with van der Waals surface area (Å²) in [5.74, 6) is 1.05. The lowest BCUT2D eigenvalue weighted by atomic mass is 9.94. The highest BCUT2D eigenvalue weighted by atomic mass is 16.2. The first-order chi connectivity index (χ1) is 11.3. The Bertz CT molecular complexity index is 485. The van der Waals surface area contributed by atoms with Gasteiger partial charge in [-0.15, -0.1) is 0 Å². The fourth-order valence-corrected chi connectivity index (χ4v) is 3.75. The standard InChI is InChI=1S/C18H28N4O/c23-17(21-16-9-4-2-1-3-5-10-16)15-8-6-13-22(14-15)18-19-11-7-12-20-18/h7,11-12,15-16H,1-6,8-10,13-14H2,(H,21,23)/t15-/m1/s1. The molecule has 0 bridgehead atoms. The van der Waals surface area contributed by atoms with Gasteiger partial charge in [-0.1, -0.05) is 32.1 Å². The Kier molecular flexibility index (Phi) is 5.83. The lowest BCUT2D eigenvalue weighted by Gasteiger charge is -2.33. The predicted octanol–water partition coefficient (Wildman–Crippen LogP) is 2.92. The second-order valence-electron chi connectivity index (χ2n) is 6.88. The number of aromatic nitrogens is 2. The van der Waals surface area contributed by atoms with Crippen LogP contribution in [0.4, 0.5) is 5.95 Å². The summed E-state index contributed by atoms with van der Waals surface area (Å²) in [6, 6.07) is 2.21. The van der Waals surface area contributed by atoms with Crippen LogP contribution in [0.2, 0.25) is 0 Å². The van der Waals surface area contributed by atoms with E-state index in [1.165, 1.54) is 32.1 Å². The third-order valence-corrected chi connectivity index (χ3v) is 5.08. The van der Waals surface area contributed by atoms with Crippen molar-refractivity contribution in [1.29, 1.82) is 0 Å². The van der Waals surface area contributed by atoms with Gasteiger partial charge in [0.25, 0.3) is 0 Å². The average molecular weight is 316 g/mol. The summed E-state index contributed by atoms with van der Waals surface area (Å²) in [5.41, 5.74) is 0. The van der Waals surface area contributed by atoms with Crippen molar-refractivity contribution in [3.63, 3.8) is 0 Å². The third kappa shape index (κ3) is 4.66. The summed E-state index contributed by atoms with van der Waals surface area (Å²) in [5, 5.41) is 3.32. The van der Waals surface area contributed by atoms with E-state index < -0.39 is 0 Å². The second kappa shape index (κ2) is 8.27. The third-order valence-electron chi connectivity index (χ3n) is 5.08. The number of carbonyl (C=O) groups excluding carboxylic acids is 1. The van der Waals surface area contributed by atoms with Crippen LogP contribution in [0, 0.1) is 5.92 Å². The van der Waals surface area contributed by atoms with E-state index >= 15 is 0 Å². The van der Waals surface area contributed by atoms with Crippen molar-refractivity contribution in [2.24, 2.45) is 5.92 Å². The molecule has 0 spiro atoms. The van der Waals surface area contributed by atoms with Gasteiger partial charge in [-0.25, -0.2) is 9.97 Å². The Hall–Kier alpha value is -1.65. The van der Waals surface area contributed by atoms with Gasteiger partial charge in [0.15, 0.2) is 0 Å². The van der Waals surface area contributed by atoms with Crippen LogP contribution in [0.5, 0.6) is 0 Å². The molecule has 0 unspecified atom stereocenters. The molecule has 23 heavy (non-hydrogen) atoms. The highest BCUT2D eigenvalue weighted by Crippen LogP contribution is 2.22. The van der Waals surface area contributed by atoms with Gasteiger partial charge in [0.05, 0.1) is 5.92 Å². The smallest absolute Gasteiger partial charge is 0.225 e. The summed E-state index contributed by atoms with van der Waals surface area (Å²) in [6.45, 7) is 1.68. The minimum atomic E-state index is 0.0676. The van der Waals surface area contributed by atoms with Crippen LogP contribution in [0.15, 0.2) is 18.5 Å². The Balaban J connectivity index is 1.54. The molecule has 1 aliphatic carbocycles. The van der Waals surface area contributed by atoms with Crippen molar-refractivity contribution in [2.75, 3.05) is 18.0 Å². The lowest BCUT2D eigenvalue weighted by Crippen LogP contribution is -2.46. The number of amides is 1. The van der Waals surface area contributed by atoms with E-state index in [2.05, 4.69) is 20.2 Å². The first-order valence-corrected chi connectivity index (χ1v) is 9.15. The zero-order valence-corrected chi connectivity index (χ0v) is 13.9. The van der Waals surface area contributed by atoms with Crippen LogP contribution < -0.4 is 10.2 Å². The van der Waals surface area contributed by atoms with Crippen molar-refractivity contribution in [3.05, 3.63) is 18.5 Å². The number of anilines is 1. The van der Waals surface area contributed by atoms with Gasteiger partial charge in [0.2, 0.25) is 11.9 Å². The van der Waals surface area contributed by atoms with Crippen LogP contribution in [-0.4, -0.2) is 35.0 Å². The van der Waals surface area contributed by atoms with Crippen molar-refractivity contribution < 1.29 is 4.79 Å². The molecule has 1 N–H and O–H groups in total. The van der Waals surface area contributed by atoms with Crippen molar-refractivity contribution in [1.82, 2.24) is 15.3 Å². The predicted molar refractivity (Wildman–Crippen MR) is 91.2 cm³/mol. The summed E-state index contributed by atoms with van der Waals surface area (Å²) >= 11 is 0. The number of rotatable bonds is 3. The molecular formula is C18H28N4O. The number of piperidine rings is 1. The van der Waals surface area contributed by atoms with Crippen LogP contribution in [-0.2, 0) is 4.79 Å². The van der Waals surface area contributed by atoms with Gasteiger partial charge in [-0.3, -0.25) is 4.79 Å². The molecule has 0 radical (unpaired) electrons. The van der Waals surface area contributed by atoms with Gasteiger partial charge in [-0.05, 0) is 31.7 Å². The molecular weight excluding hydrogens is 288 g/mol. The minimum absolute atomic E-state index is 0.0676. The van der Waals surface area contributed by atoms with Crippen molar-refractivity contribution in [3.8, 4) is 0 Å². The minimum Gasteiger partial charge on any atom is -0.353 e. The van der Waals surface area contributed by atoms with Crippen LogP contribution >= 0.6 is 0 Å². The monoisotopic (exact) mass is 316 g/mol. The summed E-state index contributed by atoms with van der Waals surface area (Å²) < 4.78 is 0. The second-order valence-corrected chi connectivity index (χ2v) is 6.88. The summed E-state index contributed by atoms with van der Waals surface area (Å²) in [6.07, 6.45) is 14.3. The molecule has 5 nitrogen and oxygen atoms in total. The van der Waals surface area contributed by atoms with Gasteiger partial charge < -0.3 is 10.2 Å². The SMILES string of the molecule is O=C(NC1CCCCCCC1)[C@@H]1CCCN(c2ncccn2)C1. The number of hydrogen-bond donors (Lipinski definition) is 1. The van der Waals surface area contributed by atoms with Crippen molar-refractivity contribution >= 4 is 11.9 Å². The number of hydrogen-bond acceptors (Lipinski definition) is 4. The van der Waals surface area contributed by atoms with Crippen molar-refractivity contribution in [2.45, 2.75) is 63.8 Å². The van der Waals surface area contributed by atoms with E-state index in [1.54, 1.807) is 12.4 Å². The molecule has 1 aliphatic heterocycles. The fourth-order valence-electron chi connectivity index (χ4n) is 3.75. The number of nitrogens with zero attached hydrogens (tertiary/aromatic N) is 3. The quantitative estimate of drug-likeness (QED) is 0.931. The maximum absolute atomic E-state index is 12.7. The normalized spacial score (nSPS) is 23.8. The molecule has 1 atom stereocenters. The van der Waals surface area contributed by atoms with E-state index in [0.717, 1.165) is 44.7 Å². The zero-order chi connectivity index (χ0) is 15.9. The fraction of sp³-hybridized carbons (Fsp3) is 0.722. The molecule has 2 aliphatic rings. The molecule has 126 valence electrons. The van der Waals surface area contributed by atoms with E-state index in [1.807, 2.05) is 6.07 Å². The van der Waals surface area contributed by atoms with Crippen LogP contribution in [0.3, 0.4) is 0 Å². The summed E-state index contributed by atoms with van der Waals surface area (Å²) in [4.78, 5) is 23.4. The summed E-state index contributed by atoms with van der Waals surface area (Å²) in [7, 11) is 0. The maximum Gasteiger partial charge on any atom is 0.225 e. The van der Waals surface area contributed by atoms with Crippen LogP contribution in [0.25, 0.3) is 0 Å². The zero-order valence-electron chi connectivity index (χ0n) is 13.9. The van der Waals surface area contributed by atoms with Gasteiger partial charge in [-0.2, -0.15) is 0 Å². The molecule has 1 saturated heterocycles. The molecule has 2 fully saturated rings. The van der Waals surface area contributed by atoms with Gasteiger partial charge in [0.1, 0.15) is 0 Å². The molecule has 1 saturated carbocycles. The highest BCUT2D eigenvalue weighted by molar-refractivity contribution is 5.79. The van der Waals surface area contributed by atoms with E-state index in [-0.39, 0.29) is 11.8 Å². The Morgan fingerprint density at radius 2 is 1.70 bits per heavy atom. The van der Waals surface area contributed by atoms with Gasteiger partial charge in [0, 0.05) is 31.5 Å².